The molecule has 0 saturated carbocycles. The van der Waals surface area contributed by atoms with Crippen molar-refractivity contribution in [3.63, 3.8) is 0 Å². The summed E-state index contributed by atoms with van der Waals surface area (Å²) < 4.78 is 0. The highest BCUT2D eigenvalue weighted by atomic mass is 32.1. The van der Waals surface area contributed by atoms with Crippen LogP contribution in [0, 0.1) is 5.92 Å². The van der Waals surface area contributed by atoms with Gasteiger partial charge in [0.2, 0.25) is 0 Å². The highest BCUT2D eigenvalue weighted by molar-refractivity contribution is 7.09. The molecule has 0 aliphatic carbocycles. The average molecular weight is 375 g/mol. The van der Waals surface area contributed by atoms with E-state index in [4.69, 9.17) is 5.73 Å². The lowest BCUT2D eigenvalue weighted by atomic mass is 9.96. The summed E-state index contributed by atoms with van der Waals surface area (Å²) in [5.41, 5.74) is 6.95. The van der Waals surface area contributed by atoms with Crippen LogP contribution in [0.1, 0.15) is 40.0 Å². The number of benzene rings is 1. The van der Waals surface area contributed by atoms with E-state index in [0.717, 1.165) is 36.5 Å². The van der Waals surface area contributed by atoms with Gasteiger partial charge in [0.15, 0.2) is 0 Å². The van der Waals surface area contributed by atoms with Gasteiger partial charge in [-0.15, -0.1) is 11.3 Å². The van der Waals surface area contributed by atoms with Gasteiger partial charge in [-0.25, -0.2) is 4.98 Å². The van der Waals surface area contributed by atoms with Crippen LogP contribution in [-0.2, 0) is 6.54 Å². The van der Waals surface area contributed by atoms with Gasteiger partial charge < -0.3 is 21.1 Å². The largest absolute Gasteiger partial charge is 0.387 e. The summed E-state index contributed by atoms with van der Waals surface area (Å²) in [7, 11) is 0. The van der Waals surface area contributed by atoms with Crippen LogP contribution in [0.4, 0.5) is 0 Å². The number of carbonyl (C=O) groups excluding carboxylic acids is 1. The van der Waals surface area contributed by atoms with Gasteiger partial charge in [-0.1, -0.05) is 30.3 Å². The Hall–Kier alpha value is -1.80. The smallest absolute Gasteiger partial charge is 0.270 e. The van der Waals surface area contributed by atoms with E-state index in [2.05, 4.69) is 15.2 Å². The molecule has 1 aliphatic rings. The molecule has 140 valence electrons. The standard InChI is InChI=1S/C19H26N4O2S/c20-10-18-22-16(13-26-18)19(25)21-11-14-6-8-23(9-7-14)12-17(24)15-4-2-1-3-5-15/h1-5,13-14,17,24H,6-12,20H2,(H,21,25). The molecular formula is C19H26N4O2S. The zero-order valence-corrected chi connectivity index (χ0v) is 15.6. The second-order valence-corrected chi connectivity index (χ2v) is 7.65. The molecule has 1 unspecified atom stereocenters. The van der Waals surface area contributed by atoms with Crippen molar-refractivity contribution in [2.45, 2.75) is 25.5 Å². The monoisotopic (exact) mass is 374 g/mol. The van der Waals surface area contributed by atoms with E-state index in [9.17, 15) is 9.90 Å². The quantitative estimate of drug-likeness (QED) is 0.687. The molecular weight excluding hydrogens is 348 g/mol. The predicted molar refractivity (Wildman–Crippen MR) is 103 cm³/mol. The fourth-order valence-electron chi connectivity index (χ4n) is 3.23. The Bertz CT molecular complexity index is 699. The van der Waals surface area contributed by atoms with Gasteiger partial charge in [0, 0.05) is 25.0 Å². The molecule has 7 heteroatoms. The number of likely N-dealkylation sites (tertiary alicyclic amines) is 1. The van der Waals surface area contributed by atoms with Crippen molar-refractivity contribution in [2.24, 2.45) is 11.7 Å². The maximum absolute atomic E-state index is 12.1. The number of nitrogens with zero attached hydrogens (tertiary/aromatic N) is 2. The number of aromatic nitrogens is 1. The summed E-state index contributed by atoms with van der Waals surface area (Å²) in [6.07, 6.45) is 1.59. The molecule has 6 nitrogen and oxygen atoms in total. The van der Waals surface area contributed by atoms with Crippen LogP contribution in [0.3, 0.4) is 0 Å². The van der Waals surface area contributed by atoms with Crippen LogP contribution in [0.5, 0.6) is 0 Å². The zero-order chi connectivity index (χ0) is 18.4. The van der Waals surface area contributed by atoms with Gasteiger partial charge >= 0.3 is 0 Å². The van der Waals surface area contributed by atoms with Crippen LogP contribution in [0.25, 0.3) is 0 Å². The maximum Gasteiger partial charge on any atom is 0.270 e. The third kappa shape index (κ3) is 5.11. The Kier molecular flexibility index (Phi) is 6.73. The summed E-state index contributed by atoms with van der Waals surface area (Å²) in [6.45, 7) is 3.58. The number of nitrogens with two attached hydrogens (primary N) is 1. The van der Waals surface area contributed by atoms with Crippen molar-refractivity contribution < 1.29 is 9.90 Å². The van der Waals surface area contributed by atoms with Crippen molar-refractivity contribution in [2.75, 3.05) is 26.2 Å². The number of aliphatic hydroxyl groups is 1. The van der Waals surface area contributed by atoms with Gasteiger partial charge in [0.05, 0.1) is 6.10 Å². The Morgan fingerprint density at radius 2 is 2.08 bits per heavy atom. The van der Waals surface area contributed by atoms with Crippen molar-refractivity contribution >= 4 is 17.2 Å². The van der Waals surface area contributed by atoms with Crippen molar-refractivity contribution in [3.8, 4) is 0 Å². The fraction of sp³-hybridized carbons (Fsp3) is 0.474. The molecule has 1 amide bonds. The molecule has 2 aromatic rings. The van der Waals surface area contributed by atoms with Gasteiger partial charge in [0.25, 0.3) is 5.91 Å². The van der Waals surface area contributed by atoms with Crippen LogP contribution >= 0.6 is 11.3 Å². The number of nitrogens with one attached hydrogen (secondary N) is 1. The summed E-state index contributed by atoms with van der Waals surface area (Å²) >= 11 is 1.42. The molecule has 1 aromatic carbocycles. The molecule has 4 N–H and O–H groups in total. The molecule has 26 heavy (non-hydrogen) atoms. The topological polar surface area (TPSA) is 91.5 Å². The highest BCUT2D eigenvalue weighted by Crippen LogP contribution is 2.20. The van der Waals surface area contributed by atoms with Gasteiger partial charge in [-0.3, -0.25) is 4.79 Å². The molecule has 3 rings (SSSR count). The predicted octanol–water partition coefficient (Wildman–Crippen LogP) is 1.78. The minimum Gasteiger partial charge on any atom is -0.387 e. The van der Waals surface area contributed by atoms with Gasteiger partial charge in [-0.2, -0.15) is 0 Å². The van der Waals surface area contributed by atoms with E-state index in [-0.39, 0.29) is 5.91 Å². The number of amides is 1. The number of carbonyl (C=O) groups is 1. The number of β-amino-alcohol motifs (C(OH)–C–C–N with tert-alkyl or cyclic N) is 1. The number of rotatable bonds is 7. The Morgan fingerprint density at radius 3 is 2.73 bits per heavy atom. The van der Waals surface area contributed by atoms with Crippen molar-refractivity contribution in [3.05, 3.63) is 52.0 Å². The van der Waals surface area contributed by atoms with E-state index in [1.165, 1.54) is 11.3 Å². The number of aliphatic hydroxyl groups excluding tert-OH is 1. The van der Waals surface area contributed by atoms with E-state index < -0.39 is 6.10 Å². The Labute approximate surface area is 158 Å². The van der Waals surface area contributed by atoms with Crippen LogP contribution in [-0.4, -0.2) is 47.1 Å². The zero-order valence-electron chi connectivity index (χ0n) is 14.8. The molecule has 0 radical (unpaired) electrons. The van der Waals surface area contributed by atoms with E-state index in [1.54, 1.807) is 5.38 Å². The number of hydrogen-bond donors (Lipinski definition) is 3. The molecule has 1 atom stereocenters. The van der Waals surface area contributed by atoms with Gasteiger partial charge in [0.1, 0.15) is 10.7 Å². The second kappa shape index (κ2) is 9.23. The van der Waals surface area contributed by atoms with Gasteiger partial charge in [-0.05, 0) is 37.4 Å². The molecule has 1 aromatic heterocycles. The first kappa shape index (κ1) is 19.0. The lowest BCUT2D eigenvalue weighted by molar-refractivity contribution is 0.0850. The van der Waals surface area contributed by atoms with E-state index >= 15 is 0 Å². The molecule has 1 aliphatic heterocycles. The van der Waals surface area contributed by atoms with E-state index in [0.29, 0.717) is 31.2 Å². The van der Waals surface area contributed by atoms with Crippen LogP contribution < -0.4 is 11.1 Å². The third-order valence-corrected chi connectivity index (χ3v) is 5.70. The highest BCUT2D eigenvalue weighted by Gasteiger charge is 2.22. The van der Waals surface area contributed by atoms with Crippen LogP contribution in [0.15, 0.2) is 35.7 Å². The summed E-state index contributed by atoms with van der Waals surface area (Å²) in [4.78, 5) is 18.6. The fourth-order valence-corrected chi connectivity index (χ4v) is 3.89. The Balaban J connectivity index is 1.39. The second-order valence-electron chi connectivity index (χ2n) is 6.71. The SMILES string of the molecule is NCc1nc(C(=O)NCC2CCN(CC(O)c3ccccc3)CC2)cs1. The number of piperidine rings is 1. The maximum atomic E-state index is 12.1. The third-order valence-electron chi connectivity index (χ3n) is 4.83. The first-order valence-electron chi connectivity index (χ1n) is 9.03. The lowest BCUT2D eigenvalue weighted by Gasteiger charge is -2.33. The molecule has 0 spiro atoms. The van der Waals surface area contributed by atoms with Crippen molar-refractivity contribution in [1.29, 1.82) is 0 Å². The number of thiazole rings is 1. The summed E-state index contributed by atoms with van der Waals surface area (Å²) in [5.74, 6) is 0.347. The average Bonchev–Trinajstić information content (AvgIpc) is 3.17. The molecule has 1 saturated heterocycles. The van der Waals surface area contributed by atoms with Crippen LogP contribution in [0.2, 0.25) is 0 Å². The summed E-state index contributed by atoms with van der Waals surface area (Å²) in [6, 6.07) is 9.78. The lowest BCUT2D eigenvalue weighted by Crippen LogP contribution is -2.40. The first-order valence-corrected chi connectivity index (χ1v) is 9.91. The van der Waals surface area contributed by atoms with Crippen molar-refractivity contribution in [1.82, 2.24) is 15.2 Å². The molecule has 1 fully saturated rings. The minimum absolute atomic E-state index is 0.122. The molecule has 2 heterocycles. The normalized spacial score (nSPS) is 17.2. The summed E-state index contributed by atoms with van der Waals surface area (Å²) in [5, 5.41) is 15.9. The van der Waals surface area contributed by atoms with E-state index in [1.807, 2.05) is 30.3 Å². The first-order chi connectivity index (χ1) is 12.7. The molecule has 0 bridgehead atoms. The minimum atomic E-state index is -0.450. The Morgan fingerprint density at radius 1 is 1.35 bits per heavy atom. The number of hydrogen-bond acceptors (Lipinski definition) is 6.